The van der Waals surface area contributed by atoms with Gasteiger partial charge in [0, 0.05) is 0 Å². The average molecular weight is 148 g/mol. The van der Waals surface area contributed by atoms with E-state index in [1.54, 1.807) is 0 Å². The fraction of sp³-hybridized carbons (Fsp3) is 0.222. The fourth-order valence-electron chi connectivity index (χ4n) is 0.939. The van der Waals surface area contributed by atoms with Crippen molar-refractivity contribution in [2.24, 2.45) is 10.7 Å². The highest BCUT2D eigenvalue weighted by molar-refractivity contribution is 5.51. The Balaban J connectivity index is 2.77. The predicted molar refractivity (Wildman–Crippen MR) is 47.6 cm³/mol. The van der Waals surface area contributed by atoms with Crippen molar-refractivity contribution in [1.29, 1.82) is 0 Å². The monoisotopic (exact) mass is 148 g/mol. The largest absolute Gasteiger partial charge is 0.390 e. The minimum Gasteiger partial charge on any atom is -0.390 e. The Morgan fingerprint density at radius 1 is 1.45 bits per heavy atom. The van der Waals surface area contributed by atoms with Crippen LogP contribution in [0.5, 0.6) is 0 Å². The van der Waals surface area contributed by atoms with E-state index < -0.39 is 0 Å². The van der Waals surface area contributed by atoms with Gasteiger partial charge >= 0.3 is 0 Å². The van der Waals surface area contributed by atoms with Gasteiger partial charge in [-0.25, -0.2) is 0 Å². The molecule has 11 heavy (non-hydrogen) atoms. The summed E-state index contributed by atoms with van der Waals surface area (Å²) in [5.41, 5.74) is 7.63. The molecular weight excluding hydrogens is 136 g/mol. The third-order valence-electron chi connectivity index (χ3n) is 1.63. The van der Waals surface area contributed by atoms with E-state index in [-0.39, 0.29) is 0 Å². The van der Waals surface area contributed by atoms with Crippen molar-refractivity contribution in [1.82, 2.24) is 0 Å². The lowest BCUT2D eigenvalue weighted by Gasteiger charge is -1.99. The van der Waals surface area contributed by atoms with Crippen LogP contribution < -0.4 is 5.73 Å². The van der Waals surface area contributed by atoms with E-state index in [4.69, 9.17) is 5.73 Å². The van der Waals surface area contributed by atoms with Crippen molar-refractivity contribution in [3.05, 3.63) is 35.4 Å². The van der Waals surface area contributed by atoms with Crippen LogP contribution in [0.25, 0.3) is 0 Å². The summed E-state index contributed by atoms with van der Waals surface area (Å²) in [5, 5.41) is 0. The van der Waals surface area contributed by atoms with Crippen LogP contribution >= 0.6 is 0 Å². The molecule has 0 aliphatic carbocycles. The molecule has 2 nitrogen and oxygen atoms in total. The maximum absolute atomic E-state index is 5.13. The Labute approximate surface area is 66.8 Å². The first-order chi connectivity index (χ1) is 5.34. The van der Waals surface area contributed by atoms with Crippen LogP contribution in [0.2, 0.25) is 0 Å². The number of aliphatic imine (C=N–C) groups is 1. The fourth-order valence-corrected chi connectivity index (χ4v) is 0.939. The summed E-state index contributed by atoms with van der Waals surface area (Å²) in [6, 6.07) is 8.16. The average Bonchev–Trinajstić information content (AvgIpc) is 2.03. The summed E-state index contributed by atoms with van der Waals surface area (Å²) >= 11 is 0. The van der Waals surface area contributed by atoms with Crippen molar-refractivity contribution in [2.75, 3.05) is 0 Å². The van der Waals surface area contributed by atoms with E-state index in [0.717, 1.165) is 0 Å². The number of hydrogen-bond acceptors (Lipinski definition) is 1. The quantitative estimate of drug-likeness (QED) is 0.500. The van der Waals surface area contributed by atoms with Gasteiger partial charge in [0.25, 0.3) is 0 Å². The van der Waals surface area contributed by atoms with Crippen LogP contribution in [0.1, 0.15) is 11.1 Å². The molecule has 0 bridgehead atoms. The van der Waals surface area contributed by atoms with Crippen LogP contribution in [-0.2, 0) is 6.54 Å². The van der Waals surface area contributed by atoms with Gasteiger partial charge in [-0.2, -0.15) is 0 Å². The van der Waals surface area contributed by atoms with Gasteiger partial charge in [-0.05, 0) is 18.1 Å². The molecule has 0 atom stereocenters. The van der Waals surface area contributed by atoms with Crippen molar-refractivity contribution in [2.45, 2.75) is 13.5 Å². The zero-order chi connectivity index (χ0) is 8.10. The standard InChI is InChI=1S/C9H12N2/c1-8-4-2-3-5-9(8)6-11-7-10/h2-5,7H,6H2,1H3,(H2,10,11). The Morgan fingerprint density at radius 2 is 2.18 bits per heavy atom. The number of rotatable bonds is 2. The van der Waals surface area contributed by atoms with Crippen LogP contribution in [0.4, 0.5) is 0 Å². The lowest BCUT2D eigenvalue weighted by Crippen LogP contribution is -1.91. The lowest BCUT2D eigenvalue weighted by molar-refractivity contribution is 1.05. The van der Waals surface area contributed by atoms with Crippen LogP contribution in [0.3, 0.4) is 0 Å². The van der Waals surface area contributed by atoms with E-state index in [9.17, 15) is 0 Å². The molecule has 0 saturated carbocycles. The van der Waals surface area contributed by atoms with Gasteiger partial charge < -0.3 is 5.73 Å². The first-order valence-electron chi connectivity index (χ1n) is 3.59. The molecular formula is C9H12N2. The Morgan fingerprint density at radius 3 is 2.82 bits per heavy atom. The molecule has 0 spiro atoms. The molecule has 0 fully saturated rings. The normalized spacial score (nSPS) is 10.6. The van der Waals surface area contributed by atoms with Crippen molar-refractivity contribution >= 4 is 6.34 Å². The second kappa shape index (κ2) is 3.76. The summed E-state index contributed by atoms with van der Waals surface area (Å²) in [7, 11) is 0. The Bertz CT molecular complexity index is 253. The van der Waals surface area contributed by atoms with Gasteiger partial charge in [0.15, 0.2) is 0 Å². The molecule has 1 aromatic rings. The minimum absolute atomic E-state index is 0.684. The SMILES string of the molecule is Cc1ccccc1CN=CN. The molecule has 0 heterocycles. The first-order valence-corrected chi connectivity index (χ1v) is 3.59. The highest BCUT2D eigenvalue weighted by atomic mass is 14.8. The van der Waals surface area contributed by atoms with Gasteiger partial charge in [0.2, 0.25) is 0 Å². The van der Waals surface area contributed by atoms with Crippen molar-refractivity contribution in [3.63, 3.8) is 0 Å². The topological polar surface area (TPSA) is 38.4 Å². The maximum atomic E-state index is 5.13. The number of nitrogens with zero attached hydrogens (tertiary/aromatic N) is 1. The summed E-state index contributed by atoms with van der Waals surface area (Å²) in [4.78, 5) is 3.96. The third-order valence-corrected chi connectivity index (χ3v) is 1.63. The molecule has 0 aliphatic heterocycles. The van der Waals surface area contributed by atoms with Gasteiger partial charge in [0.05, 0.1) is 12.9 Å². The molecule has 1 rings (SSSR count). The second-order valence-corrected chi connectivity index (χ2v) is 2.42. The molecule has 0 unspecified atom stereocenters. The van der Waals surface area contributed by atoms with E-state index in [1.165, 1.54) is 17.5 Å². The smallest absolute Gasteiger partial charge is 0.0801 e. The summed E-state index contributed by atoms with van der Waals surface area (Å²) < 4.78 is 0. The van der Waals surface area contributed by atoms with E-state index in [1.807, 2.05) is 12.1 Å². The highest BCUT2D eigenvalue weighted by Crippen LogP contribution is 2.07. The van der Waals surface area contributed by atoms with Gasteiger partial charge in [-0.15, -0.1) is 0 Å². The first kappa shape index (κ1) is 7.79. The molecule has 2 heteroatoms. The number of hydrogen-bond donors (Lipinski definition) is 1. The van der Waals surface area contributed by atoms with E-state index in [2.05, 4.69) is 24.0 Å². The molecule has 1 aromatic carbocycles. The zero-order valence-corrected chi connectivity index (χ0v) is 6.62. The minimum atomic E-state index is 0.684. The van der Waals surface area contributed by atoms with E-state index in [0.29, 0.717) is 6.54 Å². The third kappa shape index (κ3) is 2.08. The maximum Gasteiger partial charge on any atom is 0.0801 e. The highest BCUT2D eigenvalue weighted by Gasteiger charge is 1.92. The van der Waals surface area contributed by atoms with E-state index >= 15 is 0 Å². The number of aryl methyl sites for hydroxylation is 1. The van der Waals surface area contributed by atoms with Crippen molar-refractivity contribution in [3.8, 4) is 0 Å². The summed E-state index contributed by atoms with van der Waals surface area (Å²) in [6.45, 7) is 2.75. The van der Waals surface area contributed by atoms with Crippen molar-refractivity contribution < 1.29 is 0 Å². The summed E-state index contributed by atoms with van der Waals surface area (Å²) in [6.07, 6.45) is 1.34. The number of nitrogens with two attached hydrogens (primary N) is 1. The number of benzene rings is 1. The second-order valence-electron chi connectivity index (χ2n) is 2.42. The van der Waals surface area contributed by atoms with Gasteiger partial charge in [0.1, 0.15) is 0 Å². The van der Waals surface area contributed by atoms with Gasteiger partial charge in [-0.1, -0.05) is 24.3 Å². The van der Waals surface area contributed by atoms with Gasteiger partial charge in [-0.3, -0.25) is 4.99 Å². The molecule has 0 amide bonds. The Hall–Kier alpha value is -1.31. The predicted octanol–water partition coefficient (Wildman–Crippen LogP) is 1.48. The molecule has 0 saturated heterocycles. The van der Waals surface area contributed by atoms with Crippen LogP contribution in [-0.4, -0.2) is 6.34 Å². The lowest BCUT2D eigenvalue weighted by atomic mass is 10.1. The summed E-state index contributed by atoms with van der Waals surface area (Å²) in [5.74, 6) is 0. The van der Waals surface area contributed by atoms with Crippen LogP contribution in [0.15, 0.2) is 29.3 Å². The molecule has 0 aliphatic rings. The molecule has 0 aromatic heterocycles. The molecule has 58 valence electrons. The van der Waals surface area contributed by atoms with Crippen LogP contribution in [0, 0.1) is 6.92 Å². The Kier molecular flexibility index (Phi) is 2.66. The molecule has 0 radical (unpaired) electrons. The molecule has 2 N–H and O–H groups in total. The zero-order valence-electron chi connectivity index (χ0n) is 6.62.